The molecule has 0 aliphatic rings. The second kappa shape index (κ2) is 6.62. The fraction of sp³-hybridized carbons (Fsp3) is 0.571. The predicted molar refractivity (Wildman–Crippen MR) is 67.8 cm³/mol. The Morgan fingerprint density at radius 3 is 2.13 bits per heavy atom. The van der Waals surface area contributed by atoms with Crippen molar-refractivity contribution in [3.05, 3.63) is 35.5 Å². The molecule has 0 aromatic heterocycles. The highest BCUT2D eigenvalue weighted by Crippen LogP contribution is 2.26. The van der Waals surface area contributed by atoms with Gasteiger partial charge in [-0.15, -0.1) is 0 Å². The van der Waals surface area contributed by atoms with Crippen molar-refractivity contribution in [2.24, 2.45) is 5.92 Å². The van der Waals surface area contributed by atoms with Gasteiger partial charge in [0, 0.05) is 0 Å². The van der Waals surface area contributed by atoms with Crippen molar-refractivity contribution in [3.63, 3.8) is 0 Å². The molecule has 0 aromatic rings. The number of aliphatic hydroxyl groups is 1. The third-order valence-corrected chi connectivity index (χ3v) is 2.52. The van der Waals surface area contributed by atoms with E-state index < -0.39 is 0 Å². The zero-order valence-electron chi connectivity index (χ0n) is 10.7. The van der Waals surface area contributed by atoms with Crippen LogP contribution in [0.4, 0.5) is 0 Å². The average molecular weight is 208 g/mol. The molecule has 86 valence electrons. The minimum absolute atomic E-state index is 0.245. The Labute approximate surface area is 94.2 Å². The normalized spacial score (nSPS) is 15.7. The van der Waals surface area contributed by atoms with Crippen LogP contribution in [0.2, 0.25) is 0 Å². The van der Waals surface area contributed by atoms with E-state index in [-0.39, 0.29) is 6.10 Å². The van der Waals surface area contributed by atoms with Gasteiger partial charge in [-0.3, -0.25) is 0 Å². The first-order valence-corrected chi connectivity index (χ1v) is 5.55. The third kappa shape index (κ3) is 4.98. The van der Waals surface area contributed by atoms with Crippen LogP contribution in [0.1, 0.15) is 41.0 Å². The van der Waals surface area contributed by atoms with Crippen LogP contribution in [0.25, 0.3) is 0 Å². The standard InChI is InChI=1S/C14H24O/c1-7-8-11(4)14(10(2)3)12(5)9-13(6)15/h7-8,12-13,15H,1,9H2,2-6H3/b11-8+. The number of hydrogen-bond acceptors (Lipinski definition) is 1. The molecule has 0 fully saturated rings. The van der Waals surface area contributed by atoms with Crippen LogP contribution >= 0.6 is 0 Å². The van der Waals surface area contributed by atoms with Gasteiger partial charge in [0.25, 0.3) is 0 Å². The molecule has 0 heterocycles. The smallest absolute Gasteiger partial charge is 0.0517 e. The van der Waals surface area contributed by atoms with E-state index >= 15 is 0 Å². The Kier molecular flexibility index (Phi) is 6.26. The van der Waals surface area contributed by atoms with Gasteiger partial charge in [0.05, 0.1) is 6.10 Å². The van der Waals surface area contributed by atoms with Gasteiger partial charge in [-0.2, -0.15) is 0 Å². The molecule has 2 unspecified atom stereocenters. The summed E-state index contributed by atoms with van der Waals surface area (Å²) >= 11 is 0. The number of aliphatic hydroxyl groups excluding tert-OH is 1. The summed E-state index contributed by atoms with van der Waals surface area (Å²) in [6.45, 7) is 14.1. The van der Waals surface area contributed by atoms with E-state index in [1.165, 1.54) is 16.7 Å². The van der Waals surface area contributed by atoms with Gasteiger partial charge in [0.2, 0.25) is 0 Å². The average Bonchev–Trinajstić information content (AvgIpc) is 2.01. The van der Waals surface area contributed by atoms with E-state index in [1.807, 2.05) is 19.1 Å². The van der Waals surface area contributed by atoms with Crippen LogP contribution < -0.4 is 0 Å². The molecule has 1 heteroatoms. The van der Waals surface area contributed by atoms with Crippen molar-refractivity contribution >= 4 is 0 Å². The molecule has 0 aromatic carbocycles. The summed E-state index contributed by atoms with van der Waals surface area (Å²) in [7, 11) is 0. The SMILES string of the molecule is C=C/C=C(\C)C(=C(C)C)C(C)CC(C)O. The van der Waals surface area contributed by atoms with E-state index in [2.05, 4.69) is 34.3 Å². The Bertz CT molecular complexity index is 265. The van der Waals surface area contributed by atoms with Crippen LogP contribution in [0, 0.1) is 5.92 Å². The quantitative estimate of drug-likeness (QED) is 0.680. The van der Waals surface area contributed by atoms with E-state index in [0.717, 1.165) is 6.42 Å². The lowest BCUT2D eigenvalue weighted by Gasteiger charge is -2.20. The van der Waals surface area contributed by atoms with Crippen molar-refractivity contribution in [1.29, 1.82) is 0 Å². The molecule has 0 rings (SSSR count). The zero-order valence-corrected chi connectivity index (χ0v) is 10.7. The summed E-state index contributed by atoms with van der Waals surface area (Å²) in [4.78, 5) is 0. The summed E-state index contributed by atoms with van der Waals surface area (Å²) in [6.07, 6.45) is 4.41. The van der Waals surface area contributed by atoms with Crippen molar-refractivity contribution in [1.82, 2.24) is 0 Å². The van der Waals surface area contributed by atoms with Crippen molar-refractivity contribution in [2.45, 2.75) is 47.1 Å². The maximum absolute atomic E-state index is 9.40. The lowest BCUT2D eigenvalue weighted by Crippen LogP contribution is -2.11. The lowest BCUT2D eigenvalue weighted by molar-refractivity contribution is 0.171. The first kappa shape index (κ1) is 14.2. The first-order chi connectivity index (χ1) is 6.90. The molecule has 0 radical (unpaired) electrons. The number of allylic oxidation sites excluding steroid dienone is 5. The highest BCUT2D eigenvalue weighted by molar-refractivity contribution is 5.36. The molecule has 0 aliphatic carbocycles. The summed E-state index contributed by atoms with van der Waals surface area (Å²) in [5, 5.41) is 9.40. The number of rotatable bonds is 5. The van der Waals surface area contributed by atoms with Gasteiger partial charge in [0.1, 0.15) is 0 Å². The van der Waals surface area contributed by atoms with Crippen LogP contribution in [0.5, 0.6) is 0 Å². The van der Waals surface area contributed by atoms with E-state index in [4.69, 9.17) is 0 Å². The molecule has 0 spiro atoms. The minimum Gasteiger partial charge on any atom is -0.393 e. The molecule has 0 bridgehead atoms. The Hall–Kier alpha value is -0.820. The summed E-state index contributed by atoms with van der Waals surface area (Å²) in [6, 6.07) is 0. The fourth-order valence-corrected chi connectivity index (χ4v) is 2.17. The van der Waals surface area contributed by atoms with Crippen molar-refractivity contribution < 1.29 is 5.11 Å². The summed E-state index contributed by atoms with van der Waals surface area (Å²) < 4.78 is 0. The summed E-state index contributed by atoms with van der Waals surface area (Å²) in [5.74, 6) is 0.395. The molecule has 0 amide bonds. The molecule has 2 atom stereocenters. The predicted octanol–water partition coefficient (Wildman–Crippen LogP) is 3.86. The molecule has 1 N–H and O–H groups in total. The van der Waals surface area contributed by atoms with E-state index in [0.29, 0.717) is 5.92 Å². The molecular formula is C14H24O. The zero-order chi connectivity index (χ0) is 12.0. The molecule has 15 heavy (non-hydrogen) atoms. The molecule has 0 saturated carbocycles. The van der Waals surface area contributed by atoms with Gasteiger partial charge >= 0.3 is 0 Å². The molecule has 1 nitrogen and oxygen atoms in total. The molecule has 0 aliphatic heterocycles. The minimum atomic E-state index is -0.245. The highest BCUT2D eigenvalue weighted by Gasteiger charge is 2.13. The second-order valence-electron chi connectivity index (χ2n) is 4.48. The first-order valence-electron chi connectivity index (χ1n) is 5.55. The Morgan fingerprint density at radius 2 is 1.80 bits per heavy atom. The van der Waals surface area contributed by atoms with Gasteiger partial charge < -0.3 is 5.11 Å². The van der Waals surface area contributed by atoms with Gasteiger partial charge in [-0.1, -0.05) is 31.2 Å². The molecule has 0 saturated heterocycles. The monoisotopic (exact) mass is 208 g/mol. The molecular weight excluding hydrogens is 184 g/mol. The van der Waals surface area contributed by atoms with Crippen LogP contribution in [-0.2, 0) is 0 Å². The Balaban J connectivity index is 4.93. The third-order valence-electron chi connectivity index (χ3n) is 2.52. The van der Waals surface area contributed by atoms with Crippen LogP contribution in [0.15, 0.2) is 35.5 Å². The lowest BCUT2D eigenvalue weighted by atomic mass is 9.87. The number of hydrogen-bond donors (Lipinski definition) is 1. The second-order valence-corrected chi connectivity index (χ2v) is 4.48. The van der Waals surface area contributed by atoms with Gasteiger partial charge in [0.15, 0.2) is 0 Å². The van der Waals surface area contributed by atoms with Gasteiger partial charge in [-0.25, -0.2) is 0 Å². The Morgan fingerprint density at radius 1 is 1.27 bits per heavy atom. The summed E-state index contributed by atoms with van der Waals surface area (Å²) in [5.41, 5.74) is 3.91. The van der Waals surface area contributed by atoms with E-state index in [9.17, 15) is 5.11 Å². The van der Waals surface area contributed by atoms with Crippen LogP contribution in [-0.4, -0.2) is 11.2 Å². The van der Waals surface area contributed by atoms with Crippen molar-refractivity contribution in [3.8, 4) is 0 Å². The maximum atomic E-state index is 9.40. The largest absolute Gasteiger partial charge is 0.393 e. The van der Waals surface area contributed by atoms with Crippen molar-refractivity contribution in [2.75, 3.05) is 0 Å². The maximum Gasteiger partial charge on any atom is 0.0517 e. The van der Waals surface area contributed by atoms with Gasteiger partial charge in [-0.05, 0) is 51.2 Å². The van der Waals surface area contributed by atoms with E-state index in [1.54, 1.807) is 0 Å². The fourth-order valence-electron chi connectivity index (χ4n) is 2.17. The van der Waals surface area contributed by atoms with Crippen LogP contribution in [0.3, 0.4) is 0 Å². The topological polar surface area (TPSA) is 20.2 Å². The highest BCUT2D eigenvalue weighted by atomic mass is 16.3.